The van der Waals surface area contributed by atoms with Crippen molar-refractivity contribution >= 4 is 23.3 Å². The Kier molecular flexibility index (Phi) is 7.83. The molecule has 0 heterocycles. The standard InChI is InChI=1S/C29H20ClF4NO3/c30-25-15-20(7-11-26(25)31)18-3-1-17(2-4-18)13-23(36)16-35-28(38)21-8-12-27(37)24(14-21)19-5-9-22(10-6-19)29(32,33)34/h1-12,14-15,37H,13,16H2,(H,35,38). The van der Waals surface area contributed by atoms with Gasteiger partial charge in [-0.2, -0.15) is 13.2 Å². The molecular formula is C29H20ClF4NO3. The van der Waals surface area contributed by atoms with Crippen LogP contribution in [0, 0.1) is 5.82 Å². The molecule has 9 heteroatoms. The third-order valence-corrected chi connectivity index (χ3v) is 6.13. The van der Waals surface area contributed by atoms with Crippen LogP contribution >= 0.6 is 11.6 Å². The van der Waals surface area contributed by atoms with Gasteiger partial charge in [0.1, 0.15) is 11.6 Å². The van der Waals surface area contributed by atoms with E-state index in [0.29, 0.717) is 5.56 Å². The normalized spacial score (nSPS) is 11.3. The van der Waals surface area contributed by atoms with Crippen molar-refractivity contribution in [2.75, 3.05) is 6.54 Å². The number of hydrogen-bond acceptors (Lipinski definition) is 3. The zero-order chi connectivity index (χ0) is 27.4. The number of carbonyl (C=O) groups is 2. The van der Waals surface area contributed by atoms with Gasteiger partial charge in [-0.3, -0.25) is 9.59 Å². The van der Waals surface area contributed by atoms with Gasteiger partial charge in [-0.25, -0.2) is 4.39 Å². The number of rotatable bonds is 7. The molecule has 0 spiro atoms. The van der Waals surface area contributed by atoms with Crippen LogP contribution in [-0.2, 0) is 17.4 Å². The van der Waals surface area contributed by atoms with Gasteiger partial charge in [-0.15, -0.1) is 0 Å². The van der Waals surface area contributed by atoms with Gasteiger partial charge in [0.2, 0.25) is 0 Å². The number of amides is 1. The lowest BCUT2D eigenvalue weighted by molar-refractivity contribution is -0.137. The highest BCUT2D eigenvalue weighted by atomic mass is 35.5. The number of ketones is 1. The van der Waals surface area contributed by atoms with E-state index < -0.39 is 23.5 Å². The molecule has 0 unspecified atom stereocenters. The number of hydrogen-bond donors (Lipinski definition) is 2. The maximum Gasteiger partial charge on any atom is 0.416 e. The Hall–Kier alpha value is -4.17. The summed E-state index contributed by atoms with van der Waals surface area (Å²) in [6.07, 6.45) is -4.43. The lowest BCUT2D eigenvalue weighted by Crippen LogP contribution is -2.30. The summed E-state index contributed by atoms with van der Waals surface area (Å²) < 4.78 is 51.9. The Bertz CT molecular complexity index is 1480. The summed E-state index contributed by atoms with van der Waals surface area (Å²) in [5.74, 6) is -1.54. The van der Waals surface area contributed by atoms with Gasteiger partial charge in [0.15, 0.2) is 5.78 Å². The second-order valence-corrected chi connectivity index (χ2v) is 8.94. The van der Waals surface area contributed by atoms with Crippen molar-refractivity contribution < 1.29 is 32.3 Å². The molecule has 0 aliphatic heterocycles. The molecule has 0 saturated carbocycles. The van der Waals surface area contributed by atoms with Gasteiger partial charge in [-0.1, -0.05) is 54.1 Å². The molecule has 0 fully saturated rings. The SMILES string of the molecule is O=C(CNC(=O)c1ccc(O)c(-c2ccc(C(F)(F)F)cc2)c1)Cc1ccc(-c2ccc(F)c(Cl)c2)cc1. The Morgan fingerprint density at radius 2 is 1.45 bits per heavy atom. The topological polar surface area (TPSA) is 66.4 Å². The van der Waals surface area contributed by atoms with Gasteiger partial charge >= 0.3 is 6.18 Å². The van der Waals surface area contributed by atoms with E-state index in [2.05, 4.69) is 5.32 Å². The zero-order valence-electron chi connectivity index (χ0n) is 19.7. The molecule has 0 aromatic heterocycles. The molecule has 4 nitrogen and oxygen atoms in total. The maximum absolute atomic E-state index is 13.4. The summed E-state index contributed by atoms with van der Waals surface area (Å²) in [6, 6.07) is 19.6. The lowest BCUT2D eigenvalue weighted by atomic mass is 10.00. The van der Waals surface area contributed by atoms with Crippen LogP contribution in [0.1, 0.15) is 21.5 Å². The minimum atomic E-state index is -4.49. The predicted octanol–water partition coefficient (Wildman–Crippen LogP) is 7.08. The van der Waals surface area contributed by atoms with Crippen molar-refractivity contribution in [2.45, 2.75) is 12.6 Å². The highest BCUT2D eigenvalue weighted by molar-refractivity contribution is 6.31. The molecule has 1 amide bonds. The van der Waals surface area contributed by atoms with Crippen molar-refractivity contribution in [3.8, 4) is 28.0 Å². The Balaban J connectivity index is 1.37. The van der Waals surface area contributed by atoms with Gasteiger partial charge in [0, 0.05) is 17.5 Å². The second kappa shape index (κ2) is 11.1. The van der Waals surface area contributed by atoms with Crippen molar-refractivity contribution in [2.24, 2.45) is 0 Å². The van der Waals surface area contributed by atoms with Crippen LogP contribution in [0.4, 0.5) is 17.6 Å². The van der Waals surface area contributed by atoms with Crippen LogP contribution in [0.25, 0.3) is 22.3 Å². The maximum atomic E-state index is 13.4. The van der Waals surface area contributed by atoms with Crippen LogP contribution < -0.4 is 5.32 Å². The monoisotopic (exact) mass is 541 g/mol. The molecule has 0 aliphatic rings. The molecule has 4 aromatic carbocycles. The summed E-state index contributed by atoms with van der Waals surface area (Å²) in [6.45, 7) is -0.245. The summed E-state index contributed by atoms with van der Waals surface area (Å²) >= 11 is 5.83. The minimum absolute atomic E-state index is 0.0117. The first-order valence-electron chi connectivity index (χ1n) is 11.4. The van der Waals surface area contributed by atoms with E-state index in [-0.39, 0.29) is 40.6 Å². The smallest absolute Gasteiger partial charge is 0.416 e. The predicted molar refractivity (Wildman–Crippen MR) is 136 cm³/mol. The fraction of sp³-hybridized carbons (Fsp3) is 0.103. The van der Waals surface area contributed by atoms with Gasteiger partial charge in [0.05, 0.1) is 17.1 Å². The summed E-state index contributed by atoms with van der Waals surface area (Å²) in [5.41, 5.74) is 2.03. The highest BCUT2D eigenvalue weighted by Gasteiger charge is 2.30. The minimum Gasteiger partial charge on any atom is -0.507 e. The number of nitrogens with one attached hydrogen (secondary N) is 1. The van der Waals surface area contributed by atoms with Gasteiger partial charge in [-0.05, 0) is 64.7 Å². The fourth-order valence-corrected chi connectivity index (χ4v) is 3.99. The molecule has 4 rings (SSSR count). The fourth-order valence-electron chi connectivity index (χ4n) is 3.81. The highest BCUT2D eigenvalue weighted by Crippen LogP contribution is 2.34. The van der Waals surface area contributed by atoms with Crippen LogP contribution in [0.15, 0.2) is 84.9 Å². The molecule has 0 radical (unpaired) electrons. The quantitative estimate of drug-likeness (QED) is 0.246. The number of benzene rings is 4. The zero-order valence-corrected chi connectivity index (χ0v) is 20.4. The third kappa shape index (κ3) is 6.39. The first-order chi connectivity index (χ1) is 18.0. The molecule has 4 aromatic rings. The van der Waals surface area contributed by atoms with Crippen LogP contribution in [0.3, 0.4) is 0 Å². The van der Waals surface area contributed by atoms with Crippen molar-refractivity contribution in [1.82, 2.24) is 5.32 Å². The third-order valence-electron chi connectivity index (χ3n) is 5.84. The van der Waals surface area contributed by atoms with Gasteiger partial charge < -0.3 is 10.4 Å². The molecular weight excluding hydrogens is 522 g/mol. The van der Waals surface area contributed by atoms with Crippen LogP contribution in [0.2, 0.25) is 5.02 Å². The molecule has 2 N–H and O–H groups in total. The summed E-state index contributed by atoms with van der Waals surface area (Å²) in [7, 11) is 0. The molecule has 0 atom stereocenters. The Morgan fingerprint density at radius 3 is 2.08 bits per heavy atom. The first kappa shape index (κ1) is 26.9. The number of phenolic OH excluding ortho intramolecular Hbond substituents is 1. The number of aromatic hydroxyl groups is 1. The van der Waals surface area contributed by atoms with E-state index in [4.69, 9.17) is 11.6 Å². The molecule has 38 heavy (non-hydrogen) atoms. The van der Waals surface area contributed by atoms with E-state index in [1.165, 1.54) is 42.5 Å². The van der Waals surface area contributed by atoms with E-state index in [9.17, 15) is 32.3 Å². The lowest BCUT2D eigenvalue weighted by Gasteiger charge is -2.11. The first-order valence-corrected chi connectivity index (χ1v) is 11.7. The average molecular weight is 542 g/mol. The average Bonchev–Trinajstić information content (AvgIpc) is 2.89. The van der Waals surface area contributed by atoms with E-state index >= 15 is 0 Å². The molecule has 194 valence electrons. The molecule has 0 aliphatic carbocycles. The van der Waals surface area contributed by atoms with Gasteiger partial charge in [0.25, 0.3) is 5.91 Å². The Morgan fingerprint density at radius 1 is 0.816 bits per heavy atom. The van der Waals surface area contributed by atoms with Crippen LogP contribution in [-0.4, -0.2) is 23.3 Å². The largest absolute Gasteiger partial charge is 0.507 e. The number of Topliss-reactive ketones (excluding diaryl/α,β-unsaturated/α-hetero) is 1. The van der Waals surface area contributed by atoms with E-state index in [1.54, 1.807) is 30.3 Å². The second-order valence-electron chi connectivity index (χ2n) is 8.53. The van der Waals surface area contributed by atoms with Crippen molar-refractivity contribution in [1.29, 1.82) is 0 Å². The van der Waals surface area contributed by atoms with E-state index in [0.717, 1.165) is 28.8 Å². The molecule has 0 saturated heterocycles. The summed E-state index contributed by atoms with van der Waals surface area (Å²) in [5, 5.41) is 12.7. The van der Waals surface area contributed by atoms with Crippen LogP contribution in [0.5, 0.6) is 5.75 Å². The number of alkyl halides is 3. The number of carbonyl (C=O) groups excluding carboxylic acids is 2. The van der Waals surface area contributed by atoms with Crippen molar-refractivity contribution in [3.63, 3.8) is 0 Å². The van der Waals surface area contributed by atoms with Crippen molar-refractivity contribution in [3.05, 3.63) is 112 Å². The number of phenols is 1. The molecule has 0 bridgehead atoms. The summed E-state index contributed by atoms with van der Waals surface area (Å²) in [4.78, 5) is 25.0. The van der Waals surface area contributed by atoms with E-state index in [1.807, 2.05) is 0 Å². The number of halogens is 5. The Labute approximate surface area is 220 Å².